The highest BCUT2D eigenvalue weighted by molar-refractivity contribution is 5.80. The van der Waals surface area contributed by atoms with Crippen LogP contribution in [0.2, 0.25) is 0 Å². The maximum Gasteiger partial charge on any atom is 0.193 e. The van der Waals surface area contributed by atoms with Crippen molar-refractivity contribution >= 4 is 5.96 Å². The molecule has 0 spiro atoms. The highest BCUT2D eigenvalue weighted by Gasteiger charge is 2.25. The van der Waals surface area contributed by atoms with Crippen LogP contribution in [-0.4, -0.2) is 56.9 Å². The van der Waals surface area contributed by atoms with Crippen molar-refractivity contribution < 1.29 is 9.47 Å². The molecule has 2 atom stereocenters. The molecule has 0 radical (unpaired) electrons. The predicted octanol–water partition coefficient (Wildman–Crippen LogP) is 2.51. The number of benzene rings is 1. The zero-order valence-corrected chi connectivity index (χ0v) is 14.8. The number of hydrogen-bond donors (Lipinski definition) is 1. The van der Waals surface area contributed by atoms with Gasteiger partial charge < -0.3 is 19.7 Å². The molecule has 1 aromatic carbocycles. The molecule has 24 heavy (non-hydrogen) atoms. The summed E-state index contributed by atoms with van der Waals surface area (Å²) in [6.45, 7) is 6.41. The second-order valence-corrected chi connectivity index (χ2v) is 6.56. The molecule has 132 valence electrons. The minimum atomic E-state index is 0.108. The smallest absolute Gasteiger partial charge is 0.193 e. The van der Waals surface area contributed by atoms with Crippen molar-refractivity contribution in [2.24, 2.45) is 4.99 Å². The molecule has 2 aliphatic heterocycles. The number of rotatable bonds is 4. The van der Waals surface area contributed by atoms with Crippen LogP contribution in [0.3, 0.4) is 0 Å². The molecule has 0 aliphatic carbocycles. The fraction of sp³-hybridized carbons (Fsp3) is 0.632. The van der Waals surface area contributed by atoms with E-state index in [2.05, 4.69) is 46.4 Å². The van der Waals surface area contributed by atoms with Gasteiger partial charge in [-0.1, -0.05) is 24.3 Å². The molecule has 1 N–H and O–H groups in total. The SMILES string of the molecule is CN=C(NCCC1CCCO1)N1CCOC(c2ccccc2C)C1. The van der Waals surface area contributed by atoms with E-state index >= 15 is 0 Å². The number of aryl methyl sites for hydroxylation is 1. The van der Waals surface area contributed by atoms with Crippen molar-refractivity contribution in [2.75, 3.05) is 39.9 Å². The molecule has 5 heteroatoms. The van der Waals surface area contributed by atoms with Gasteiger partial charge in [-0.3, -0.25) is 4.99 Å². The highest BCUT2D eigenvalue weighted by atomic mass is 16.5. The summed E-state index contributed by atoms with van der Waals surface area (Å²) < 4.78 is 11.7. The lowest BCUT2D eigenvalue weighted by atomic mass is 10.0. The van der Waals surface area contributed by atoms with Gasteiger partial charge in [-0.15, -0.1) is 0 Å². The fourth-order valence-corrected chi connectivity index (χ4v) is 3.53. The van der Waals surface area contributed by atoms with Gasteiger partial charge in [0.05, 0.1) is 19.3 Å². The first kappa shape index (κ1) is 17.2. The van der Waals surface area contributed by atoms with E-state index in [0.717, 1.165) is 45.2 Å². The van der Waals surface area contributed by atoms with E-state index in [0.29, 0.717) is 6.10 Å². The zero-order valence-electron chi connectivity index (χ0n) is 14.8. The van der Waals surface area contributed by atoms with Crippen LogP contribution in [0.15, 0.2) is 29.3 Å². The lowest BCUT2D eigenvalue weighted by molar-refractivity contribution is -0.00838. The van der Waals surface area contributed by atoms with Gasteiger partial charge in [0.25, 0.3) is 0 Å². The second-order valence-electron chi connectivity index (χ2n) is 6.56. The van der Waals surface area contributed by atoms with Crippen LogP contribution in [0.5, 0.6) is 0 Å². The van der Waals surface area contributed by atoms with Crippen molar-refractivity contribution in [3.63, 3.8) is 0 Å². The van der Waals surface area contributed by atoms with Crippen molar-refractivity contribution in [2.45, 2.75) is 38.4 Å². The maximum absolute atomic E-state index is 6.01. The largest absolute Gasteiger partial charge is 0.378 e. The average Bonchev–Trinajstić information content (AvgIpc) is 3.13. The number of guanidine groups is 1. The normalized spacial score (nSPS) is 25.1. The summed E-state index contributed by atoms with van der Waals surface area (Å²) in [5, 5.41) is 3.49. The molecule has 2 fully saturated rings. The summed E-state index contributed by atoms with van der Waals surface area (Å²) >= 11 is 0. The third-order valence-electron chi connectivity index (χ3n) is 4.89. The number of nitrogens with one attached hydrogen (secondary N) is 1. The van der Waals surface area contributed by atoms with Crippen molar-refractivity contribution in [1.29, 1.82) is 0 Å². The molecule has 2 aliphatic rings. The van der Waals surface area contributed by atoms with Crippen molar-refractivity contribution in [1.82, 2.24) is 10.2 Å². The highest BCUT2D eigenvalue weighted by Crippen LogP contribution is 2.25. The first-order valence-electron chi connectivity index (χ1n) is 9.02. The molecule has 0 aromatic heterocycles. The van der Waals surface area contributed by atoms with E-state index in [4.69, 9.17) is 9.47 Å². The number of ether oxygens (including phenoxy) is 2. The van der Waals surface area contributed by atoms with Crippen LogP contribution >= 0.6 is 0 Å². The van der Waals surface area contributed by atoms with Crippen LogP contribution in [0, 0.1) is 6.92 Å². The summed E-state index contributed by atoms with van der Waals surface area (Å²) in [5.74, 6) is 0.967. The first-order chi connectivity index (χ1) is 11.8. The van der Waals surface area contributed by atoms with Crippen LogP contribution in [0.1, 0.15) is 36.5 Å². The number of nitrogens with zero attached hydrogens (tertiary/aromatic N) is 2. The first-order valence-corrected chi connectivity index (χ1v) is 9.02. The van der Waals surface area contributed by atoms with Crippen molar-refractivity contribution in [3.8, 4) is 0 Å². The summed E-state index contributed by atoms with van der Waals surface area (Å²) in [5.41, 5.74) is 2.56. The standard InChI is InChI=1S/C19H29N3O2/c1-15-6-3-4-8-17(15)18-14-22(11-13-24-18)19(20-2)21-10-9-16-7-5-12-23-16/h3-4,6,8,16,18H,5,7,9-14H2,1-2H3,(H,20,21). The van der Waals surface area contributed by atoms with Crippen LogP contribution < -0.4 is 5.32 Å². The molecule has 1 aromatic rings. The average molecular weight is 331 g/mol. The lowest BCUT2D eigenvalue weighted by Gasteiger charge is -2.35. The van der Waals surface area contributed by atoms with Gasteiger partial charge in [0.2, 0.25) is 0 Å². The number of morpholine rings is 1. The molecule has 0 saturated carbocycles. The van der Waals surface area contributed by atoms with E-state index in [-0.39, 0.29) is 6.10 Å². The maximum atomic E-state index is 6.01. The van der Waals surface area contributed by atoms with E-state index in [9.17, 15) is 0 Å². The predicted molar refractivity (Wildman–Crippen MR) is 96.4 cm³/mol. The van der Waals surface area contributed by atoms with Gasteiger partial charge >= 0.3 is 0 Å². The summed E-state index contributed by atoms with van der Waals surface area (Å²) in [6, 6.07) is 8.47. The van der Waals surface area contributed by atoms with Gasteiger partial charge in [0.15, 0.2) is 5.96 Å². The Labute approximate surface area is 145 Å². The van der Waals surface area contributed by atoms with Gasteiger partial charge in [-0.05, 0) is 37.3 Å². The Morgan fingerprint density at radius 2 is 2.17 bits per heavy atom. The lowest BCUT2D eigenvalue weighted by Crippen LogP contribution is -2.48. The molecule has 0 bridgehead atoms. The van der Waals surface area contributed by atoms with E-state index in [1.54, 1.807) is 0 Å². The van der Waals surface area contributed by atoms with Gasteiger partial charge in [0, 0.05) is 26.7 Å². The second kappa shape index (κ2) is 8.49. The van der Waals surface area contributed by atoms with Gasteiger partial charge in [0.1, 0.15) is 6.10 Å². The fourth-order valence-electron chi connectivity index (χ4n) is 3.53. The zero-order chi connectivity index (χ0) is 16.8. The molecular formula is C19H29N3O2. The quantitative estimate of drug-likeness (QED) is 0.680. The monoisotopic (exact) mass is 331 g/mol. The topological polar surface area (TPSA) is 46.1 Å². The summed E-state index contributed by atoms with van der Waals surface area (Å²) in [4.78, 5) is 6.76. The van der Waals surface area contributed by atoms with Crippen LogP contribution in [-0.2, 0) is 9.47 Å². The third-order valence-corrected chi connectivity index (χ3v) is 4.89. The Morgan fingerprint density at radius 1 is 1.29 bits per heavy atom. The third kappa shape index (κ3) is 4.28. The van der Waals surface area contributed by atoms with Crippen molar-refractivity contribution in [3.05, 3.63) is 35.4 Å². The minimum Gasteiger partial charge on any atom is -0.378 e. The van der Waals surface area contributed by atoms with E-state index in [1.165, 1.54) is 24.0 Å². The van der Waals surface area contributed by atoms with E-state index in [1.807, 2.05) is 7.05 Å². The molecule has 3 rings (SSSR count). The van der Waals surface area contributed by atoms with Gasteiger partial charge in [-0.2, -0.15) is 0 Å². The Kier molecular flexibility index (Phi) is 6.10. The molecule has 0 amide bonds. The summed E-state index contributed by atoms with van der Waals surface area (Å²) in [6.07, 6.45) is 3.95. The molecule has 2 unspecified atom stereocenters. The van der Waals surface area contributed by atoms with Crippen LogP contribution in [0.25, 0.3) is 0 Å². The Balaban J connectivity index is 1.55. The van der Waals surface area contributed by atoms with E-state index < -0.39 is 0 Å². The number of hydrogen-bond acceptors (Lipinski definition) is 3. The number of aliphatic imine (C=N–C) groups is 1. The van der Waals surface area contributed by atoms with Crippen LogP contribution in [0.4, 0.5) is 0 Å². The molecular weight excluding hydrogens is 302 g/mol. The molecule has 5 nitrogen and oxygen atoms in total. The molecule has 2 saturated heterocycles. The Morgan fingerprint density at radius 3 is 2.92 bits per heavy atom. The Hall–Kier alpha value is -1.59. The van der Waals surface area contributed by atoms with Gasteiger partial charge in [-0.25, -0.2) is 0 Å². The summed E-state index contributed by atoms with van der Waals surface area (Å²) in [7, 11) is 1.85. The minimum absolute atomic E-state index is 0.108. The Bertz CT molecular complexity index is 555. The molecule has 2 heterocycles.